The van der Waals surface area contributed by atoms with Crippen molar-refractivity contribution in [2.45, 2.75) is 51.9 Å². The number of likely N-dealkylation sites (tertiary alicyclic amines) is 1. The predicted molar refractivity (Wildman–Crippen MR) is 108 cm³/mol. The fourth-order valence-corrected chi connectivity index (χ4v) is 4.40. The summed E-state index contributed by atoms with van der Waals surface area (Å²) < 4.78 is 21.7. The summed E-state index contributed by atoms with van der Waals surface area (Å²) in [4.78, 5) is 14.8. The fourth-order valence-electron chi connectivity index (χ4n) is 4.23. The second kappa shape index (κ2) is 8.81. The molecule has 1 saturated heterocycles. The van der Waals surface area contributed by atoms with Gasteiger partial charge in [-0.2, -0.15) is 5.10 Å². The number of amides is 1. The maximum absolute atomic E-state index is 14.0. The van der Waals surface area contributed by atoms with Gasteiger partial charge < -0.3 is 10.1 Å². The van der Waals surface area contributed by atoms with Crippen LogP contribution in [0, 0.1) is 5.82 Å². The summed E-state index contributed by atoms with van der Waals surface area (Å²) in [6.45, 7) is 6.72. The van der Waals surface area contributed by atoms with E-state index in [1.54, 1.807) is 0 Å². The third kappa shape index (κ3) is 4.47. The molecule has 2 aromatic rings. The first kappa shape index (κ1) is 20.3. The number of carbonyl (C=O) groups is 1. The average molecular weight is 421 g/mol. The van der Waals surface area contributed by atoms with Gasteiger partial charge in [-0.1, -0.05) is 11.6 Å². The van der Waals surface area contributed by atoms with Gasteiger partial charge in [-0.05, 0) is 44.5 Å². The zero-order valence-electron chi connectivity index (χ0n) is 16.6. The van der Waals surface area contributed by atoms with Gasteiger partial charge in [-0.15, -0.1) is 0 Å². The van der Waals surface area contributed by atoms with Crippen molar-refractivity contribution in [2.75, 3.05) is 19.7 Å². The summed E-state index contributed by atoms with van der Waals surface area (Å²) in [6, 6.07) is 4.00. The summed E-state index contributed by atoms with van der Waals surface area (Å²) in [5.74, 6) is -0.978. The van der Waals surface area contributed by atoms with E-state index < -0.39 is 11.7 Å². The van der Waals surface area contributed by atoms with E-state index in [1.165, 1.54) is 29.5 Å². The number of nitrogens with zero attached hydrogens (tertiary/aromatic N) is 3. The van der Waals surface area contributed by atoms with Gasteiger partial charge in [0, 0.05) is 48.4 Å². The van der Waals surface area contributed by atoms with Gasteiger partial charge in [0.05, 0.1) is 24.5 Å². The van der Waals surface area contributed by atoms with Crippen LogP contribution >= 0.6 is 11.6 Å². The lowest BCUT2D eigenvalue weighted by molar-refractivity contribution is 0.0894. The van der Waals surface area contributed by atoms with Crippen LogP contribution < -0.4 is 5.32 Å². The molecule has 1 atom stereocenters. The Morgan fingerprint density at radius 2 is 2.31 bits per heavy atom. The first-order valence-corrected chi connectivity index (χ1v) is 10.6. The van der Waals surface area contributed by atoms with E-state index in [9.17, 15) is 9.18 Å². The Hall–Kier alpha value is -1.96. The molecule has 1 unspecified atom stereocenters. The number of aromatic nitrogens is 2. The SMILES string of the molecule is CCn1nc(CN2CCCC(NC(=O)c3cc(Cl)ccc3F)C2)c2c1CCOC2. The Bertz CT molecular complexity index is 901. The fraction of sp³-hybridized carbons (Fsp3) is 0.524. The van der Waals surface area contributed by atoms with Crippen LogP contribution in [0.5, 0.6) is 0 Å². The van der Waals surface area contributed by atoms with E-state index in [4.69, 9.17) is 21.4 Å². The highest BCUT2D eigenvalue weighted by Crippen LogP contribution is 2.24. The smallest absolute Gasteiger partial charge is 0.254 e. The monoisotopic (exact) mass is 420 g/mol. The number of carbonyl (C=O) groups excluding carboxylic acids is 1. The topological polar surface area (TPSA) is 59.4 Å². The Balaban J connectivity index is 1.42. The molecule has 3 heterocycles. The van der Waals surface area contributed by atoms with Crippen LogP contribution in [0.4, 0.5) is 4.39 Å². The predicted octanol–water partition coefficient (Wildman–Crippen LogP) is 3.16. The first-order chi connectivity index (χ1) is 14.0. The molecule has 0 bridgehead atoms. The molecule has 0 saturated carbocycles. The minimum absolute atomic E-state index is 0.0115. The Morgan fingerprint density at radius 1 is 1.45 bits per heavy atom. The van der Waals surface area contributed by atoms with Gasteiger partial charge in [0.15, 0.2) is 0 Å². The van der Waals surface area contributed by atoms with Crippen LogP contribution in [0.3, 0.4) is 0 Å². The summed E-state index contributed by atoms with van der Waals surface area (Å²) in [7, 11) is 0. The molecule has 6 nitrogen and oxygen atoms in total. The van der Waals surface area contributed by atoms with Gasteiger partial charge in [0.25, 0.3) is 5.91 Å². The number of halogens is 2. The Labute approximate surface area is 175 Å². The molecule has 4 rings (SSSR count). The second-order valence-corrected chi connectivity index (χ2v) is 8.10. The summed E-state index contributed by atoms with van der Waals surface area (Å²) >= 11 is 5.91. The molecule has 8 heteroatoms. The number of nitrogens with one attached hydrogen (secondary N) is 1. The van der Waals surface area contributed by atoms with Crippen LogP contribution in [-0.2, 0) is 30.9 Å². The summed E-state index contributed by atoms with van der Waals surface area (Å²) in [5.41, 5.74) is 3.55. The van der Waals surface area contributed by atoms with Crippen molar-refractivity contribution in [3.63, 3.8) is 0 Å². The van der Waals surface area contributed by atoms with Crippen molar-refractivity contribution in [1.29, 1.82) is 0 Å². The molecule has 1 aromatic carbocycles. The molecule has 2 aliphatic rings. The molecule has 29 heavy (non-hydrogen) atoms. The third-order valence-electron chi connectivity index (χ3n) is 5.67. The molecule has 1 N–H and O–H groups in total. The molecule has 0 radical (unpaired) electrons. The van der Waals surface area contributed by atoms with Gasteiger partial charge in [0.1, 0.15) is 5.82 Å². The number of ether oxygens (including phenoxy) is 1. The number of piperidine rings is 1. The van der Waals surface area contributed by atoms with Gasteiger partial charge in [-0.25, -0.2) is 4.39 Å². The van der Waals surface area contributed by atoms with Crippen LogP contribution in [0.15, 0.2) is 18.2 Å². The van der Waals surface area contributed by atoms with Crippen molar-refractivity contribution in [3.8, 4) is 0 Å². The number of hydrogen-bond acceptors (Lipinski definition) is 4. The molecule has 2 aliphatic heterocycles. The molecule has 1 amide bonds. The molecule has 1 fully saturated rings. The molecule has 0 spiro atoms. The lowest BCUT2D eigenvalue weighted by Crippen LogP contribution is -2.47. The van der Waals surface area contributed by atoms with Crippen LogP contribution in [0.2, 0.25) is 5.02 Å². The number of hydrogen-bond donors (Lipinski definition) is 1. The van der Waals surface area contributed by atoms with Crippen molar-refractivity contribution in [1.82, 2.24) is 20.0 Å². The zero-order chi connectivity index (χ0) is 20.4. The zero-order valence-corrected chi connectivity index (χ0v) is 17.3. The van der Waals surface area contributed by atoms with Crippen LogP contribution in [0.1, 0.15) is 47.1 Å². The van der Waals surface area contributed by atoms with Gasteiger partial charge in [-0.3, -0.25) is 14.4 Å². The Kier molecular flexibility index (Phi) is 6.18. The summed E-state index contributed by atoms with van der Waals surface area (Å²) in [5, 5.41) is 8.12. The minimum Gasteiger partial charge on any atom is -0.376 e. The molecule has 0 aliphatic carbocycles. The van der Waals surface area contributed by atoms with Crippen LogP contribution in [0.25, 0.3) is 0 Å². The lowest BCUT2D eigenvalue weighted by atomic mass is 10.0. The molecular weight excluding hydrogens is 395 g/mol. The number of rotatable bonds is 5. The largest absolute Gasteiger partial charge is 0.376 e. The normalized spacial score (nSPS) is 19.8. The number of aryl methyl sites for hydroxylation is 1. The van der Waals surface area contributed by atoms with E-state index in [0.717, 1.165) is 51.2 Å². The quantitative estimate of drug-likeness (QED) is 0.807. The maximum Gasteiger partial charge on any atom is 0.254 e. The van der Waals surface area contributed by atoms with Crippen LogP contribution in [-0.4, -0.2) is 46.3 Å². The molecular formula is C21H26ClFN4O2. The highest BCUT2D eigenvalue weighted by Gasteiger charge is 2.26. The van der Waals surface area contributed by atoms with Gasteiger partial charge >= 0.3 is 0 Å². The lowest BCUT2D eigenvalue weighted by Gasteiger charge is -2.33. The van der Waals surface area contributed by atoms with E-state index >= 15 is 0 Å². The van der Waals surface area contributed by atoms with E-state index in [0.29, 0.717) is 18.2 Å². The Morgan fingerprint density at radius 3 is 3.14 bits per heavy atom. The third-order valence-corrected chi connectivity index (χ3v) is 5.90. The second-order valence-electron chi connectivity index (χ2n) is 7.66. The number of fused-ring (bicyclic) bond motifs is 1. The average Bonchev–Trinajstić information content (AvgIpc) is 3.08. The van der Waals surface area contributed by atoms with E-state index in [2.05, 4.69) is 21.8 Å². The van der Waals surface area contributed by atoms with E-state index in [-0.39, 0.29) is 11.6 Å². The number of benzene rings is 1. The van der Waals surface area contributed by atoms with Crippen molar-refractivity contribution >= 4 is 17.5 Å². The maximum atomic E-state index is 14.0. The van der Waals surface area contributed by atoms with Crippen molar-refractivity contribution in [3.05, 3.63) is 51.6 Å². The molecule has 156 valence electrons. The van der Waals surface area contributed by atoms with E-state index in [1.807, 2.05) is 0 Å². The van der Waals surface area contributed by atoms with Crippen molar-refractivity contribution in [2.24, 2.45) is 0 Å². The summed E-state index contributed by atoms with van der Waals surface area (Å²) in [6.07, 6.45) is 2.74. The van der Waals surface area contributed by atoms with Crippen molar-refractivity contribution < 1.29 is 13.9 Å². The minimum atomic E-state index is -0.559. The standard InChI is InChI=1S/C21H26ClFN4O2/c1-2-27-20-7-9-29-13-17(20)19(25-27)12-26-8-3-4-15(11-26)24-21(28)16-10-14(22)5-6-18(16)23/h5-6,10,15H,2-4,7-9,11-13H2,1H3,(H,24,28). The first-order valence-electron chi connectivity index (χ1n) is 10.2. The highest BCUT2D eigenvalue weighted by atomic mass is 35.5. The molecule has 1 aromatic heterocycles. The highest BCUT2D eigenvalue weighted by molar-refractivity contribution is 6.31. The van der Waals surface area contributed by atoms with Gasteiger partial charge in [0.2, 0.25) is 0 Å².